The van der Waals surface area contributed by atoms with E-state index in [9.17, 15) is 9.59 Å². The fourth-order valence-corrected chi connectivity index (χ4v) is 5.35. The number of aromatic nitrogens is 4. The van der Waals surface area contributed by atoms with Crippen LogP contribution in [0.15, 0.2) is 30.1 Å². The van der Waals surface area contributed by atoms with Gasteiger partial charge in [-0.2, -0.15) is 5.10 Å². The number of allylic oxidation sites excluding steroid dienone is 2. The van der Waals surface area contributed by atoms with Crippen LogP contribution in [0.5, 0.6) is 0 Å². The van der Waals surface area contributed by atoms with E-state index in [1.165, 1.54) is 12.8 Å². The predicted octanol–water partition coefficient (Wildman–Crippen LogP) is 4.64. The van der Waals surface area contributed by atoms with Crippen molar-refractivity contribution in [1.82, 2.24) is 30.4 Å². The number of rotatable bonds is 7. The van der Waals surface area contributed by atoms with E-state index in [0.717, 1.165) is 49.3 Å². The number of carbonyl (C=O) groups is 2. The second-order valence-corrected chi connectivity index (χ2v) is 10.8. The molecular weight excluding hydrogens is 466 g/mol. The van der Waals surface area contributed by atoms with Gasteiger partial charge in [-0.25, -0.2) is 4.98 Å². The number of aryl methyl sites for hydroxylation is 2. The lowest BCUT2D eigenvalue weighted by Crippen LogP contribution is -2.37. The minimum absolute atomic E-state index is 0.0202. The molecule has 1 aliphatic heterocycles. The van der Waals surface area contributed by atoms with Crippen molar-refractivity contribution in [3.8, 4) is 0 Å². The Bertz CT molecular complexity index is 1100. The number of piperidine rings is 1. The number of amides is 2. The first-order chi connectivity index (χ1) is 17.6. The molecule has 37 heavy (non-hydrogen) atoms. The Labute approximate surface area is 220 Å². The van der Waals surface area contributed by atoms with Gasteiger partial charge in [0.1, 0.15) is 11.5 Å². The topological polar surface area (TPSA) is 129 Å². The third-order valence-electron chi connectivity index (χ3n) is 7.17. The highest BCUT2D eigenvalue weighted by molar-refractivity contribution is 5.96. The molecule has 2 aromatic heterocycles. The Kier molecular flexibility index (Phi) is 10.2. The Hall–Kier alpha value is -3.23. The van der Waals surface area contributed by atoms with Crippen LogP contribution >= 0.6 is 0 Å². The van der Waals surface area contributed by atoms with Crippen LogP contribution in [0, 0.1) is 30.1 Å². The van der Waals surface area contributed by atoms with Gasteiger partial charge < -0.3 is 21.0 Å². The number of hydrogen-bond acceptors (Lipinski definition) is 5. The summed E-state index contributed by atoms with van der Waals surface area (Å²) in [5, 5.41) is 17.8. The van der Waals surface area contributed by atoms with Gasteiger partial charge in [0, 0.05) is 37.8 Å². The van der Waals surface area contributed by atoms with Crippen LogP contribution < -0.4 is 10.6 Å². The van der Waals surface area contributed by atoms with Crippen molar-refractivity contribution in [2.75, 3.05) is 6.54 Å². The molecule has 1 saturated heterocycles. The Morgan fingerprint density at radius 2 is 2.08 bits per heavy atom. The normalized spacial score (nSPS) is 22.2. The van der Waals surface area contributed by atoms with Gasteiger partial charge in [-0.15, -0.1) is 0 Å². The number of imidazole rings is 1. The van der Waals surface area contributed by atoms with Crippen molar-refractivity contribution in [3.05, 3.63) is 47.3 Å². The molecule has 1 saturated carbocycles. The van der Waals surface area contributed by atoms with E-state index in [-0.39, 0.29) is 23.8 Å². The van der Waals surface area contributed by atoms with Crippen molar-refractivity contribution < 1.29 is 9.59 Å². The SMILES string of the molecule is CC(C)=CC(=N)CC1CCCNC1=O.Cc1ncc(C(NC(=O)c2ccnn2C)C2CCCC(C)C2)[nH]1. The van der Waals surface area contributed by atoms with E-state index in [0.29, 0.717) is 29.7 Å². The van der Waals surface area contributed by atoms with Gasteiger partial charge in [-0.1, -0.05) is 25.3 Å². The summed E-state index contributed by atoms with van der Waals surface area (Å²) in [6.45, 7) is 8.97. The summed E-state index contributed by atoms with van der Waals surface area (Å²) < 4.78 is 1.61. The zero-order chi connectivity index (χ0) is 26.9. The number of nitrogens with zero attached hydrogens (tertiary/aromatic N) is 3. The van der Waals surface area contributed by atoms with E-state index < -0.39 is 0 Å². The zero-order valence-corrected chi connectivity index (χ0v) is 22.9. The van der Waals surface area contributed by atoms with Gasteiger partial charge in [0.05, 0.1) is 17.9 Å². The van der Waals surface area contributed by atoms with E-state index in [2.05, 4.69) is 32.6 Å². The highest BCUT2D eigenvalue weighted by atomic mass is 16.2. The van der Waals surface area contributed by atoms with Gasteiger partial charge in [-0.3, -0.25) is 14.3 Å². The number of H-pyrrole nitrogens is 1. The van der Waals surface area contributed by atoms with Crippen molar-refractivity contribution in [2.24, 2.45) is 24.8 Å². The molecule has 4 atom stereocenters. The van der Waals surface area contributed by atoms with Gasteiger partial charge >= 0.3 is 0 Å². The molecule has 1 aliphatic carbocycles. The Morgan fingerprint density at radius 1 is 1.30 bits per heavy atom. The van der Waals surface area contributed by atoms with Crippen LogP contribution in [0.3, 0.4) is 0 Å². The van der Waals surface area contributed by atoms with Crippen molar-refractivity contribution in [3.63, 3.8) is 0 Å². The van der Waals surface area contributed by atoms with Crippen molar-refractivity contribution in [2.45, 2.75) is 78.7 Å². The largest absolute Gasteiger partial charge is 0.356 e. The Morgan fingerprint density at radius 3 is 2.68 bits per heavy atom. The third kappa shape index (κ3) is 8.40. The summed E-state index contributed by atoms with van der Waals surface area (Å²) in [5.74, 6) is 2.07. The van der Waals surface area contributed by atoms with Crippen molar-refractivity contribution >= 4 is 17.5 Å². The molecule has 0 spiro atoms. The minimum atomic E-state index is -0.0829. The maximum absolute atomic E-state index is 12.6. The number of aromatic amines is 1. The van der Waals surface area contributed by atoms with Crippen LogP contribution in [-0.2, 0) is 11.8 Å². The van der Waals surface area contributed by atoms with E-state index >= 15 is 0 Å². The lowest BCUT2D eigenvalue weighted by Gasteiger charge is -2.33. The first-order valence-corrected chi connectivity index (χ1v) is 13.4. The summed E-state index contributed by atoms with van der Waals surface area (Å²) in [6, 6.07) is 1.72. The highest BCUT2D eigenvalue weighted by Gasteiger charge is 2.31. The summed E-state index contributed by atoms with van der Waals surface area (Å²) in [5.41, 5.74) is 3.26. The maximum Gasteiger partial charge on any atom is 0.270 e. The fraction of sp³-hybridized carbons (Fsp3) is 0.607. The smallest absolute Gasteiger partial charge is 0.270 e. The number of nitrogens with one attached hydrogen (secondary N) is 4. The molecule has 2 fully saturated rings. The molecular formula is C28H43N7O2. The lowest BCUT2D eigenvalue weighted by molar-refractivity contribution is -0.126. The van der Waals surface area contributed by atoms with Crippen LogP contribution in [0.1, 0.15) is 93.8 Å². The number of carbonyl (C=O) groups excluding carboxylic acids is 2. The molecule has 9 nitrogen and oxygen atoms in total. The summed E-state index contributed by atoms with van der Waals surface area (Å²) >= 11 is 0. The minimum Gasteiger partial charge on any atom is -0.356 e. The van der Waals surface area contributed by atoms with Crippen LogP contribution in [0.25, 0.3) is 0 Å². The molecule has 2 aliphatic rings. The first-order valence-electron chi connectivity index (χ1n) is 13.4. The standard InChI is InChI=1S/C17H25N5O.C11H18N2O/c1-11-5-4-6-13(9-11)16(14-10-18-12(2)20-14)21-17(23)15-7-8-19-22(15)3;1-8(2)6-10(12)7-9-4-3-5-13-11(9)14/h7-8,10-11,13,16H,4-6,9H2,1-3H3,(H,18,20)(H,21,23);6,9,12H,3-5,7H2,1-2H3,(H,13,14). The summed E-state index contributed by atoms with van der Waals surface area (Å²) in [4.78, 5) is 31.6. The second kappa shape index (κ2) is 13.4. The summed E-state index contributed by atoms with van der Waals surface area (Å²) in [7, 11) is 1.78. The summed E-state index contributed by atoms with van der Waals surface area (Å²) in [6.07, 6.45) is 12.6. The maximum atomic E-state index is 12.6. The highest BCUT2D eigenvalue weighted by Crippen LogP contribution is 2.36. The van der Waals surface area contributed by atoms with E-state index in [4.69, 9.17) is 5.41 Å². The quantitative estimate of drug-likeness (QED) is 0.405. The predicted molar refractivity (Wildman–Crippen MR) is 145 cm³/mol. The molecule has 4 unspecified atom stereocenters. The molecule has 4 rings (SSSR count). The average Bonchev–Trinajstić information content (AvgIpc) is 3.47. The fourth-order valence-electron chi connectivity index (χ4n) is 5.35. The zero-order valence-electron chi connectivity index (χ0n) is 22.9. The van der Waals surface area contributed by atoms with Crippen LogP contribution in [0.2, 0.25) is 0 Å². The third-order valence-corrected chi connectivity index (χ3v) is 7.17. The molecule has 0 aromatic carbocycles. The lowest BCUT2D eigenvalue weighted by atomic mass is 9.78. The monoisotopic (exact) mass is 509 g/mol. The second-order valence-electron chi connectivity index (χ2n) is 10.8. The Balaban J connectivity index is 0.000000233. The van der Waals surface area contributed by atoms with E-state index in [1.54, 1.807) is 24.0 Å². The van der Waals surface area contributed by atoms with Gasteiger partial charge in [0.25, 0.3) is 5.91 Å². The molecule has 9 heteroatoms. The number of hydrogen-bond donors (Lipinski definition) is 4. The van der Waals surface area contributed by atoms with Gasteiger partial charge in [0.2, 0.25) is 5.91 Å². The van der Waals surface area contributed by atoms with Gasteiger partial charge in [-0.05, 0) is 70.4 Å². The molecule has 4 N–H and O–H groups in total. The van der Waals surface area contributed by atoms with Crippen LogP contribution in [-0.4, -0.2) is 43.8 Å². The van der Waals surface area contributed by atoms with Gasteiger partial charge in [0.15, 0.2) is 0 Å². The molecule has 202 valence electrons. The molecule has 0 radical (unpaired) electrons. The molecule has 3 heterocycles. The molecule has 2 amide bonds. The molecule has 2 aromatic rings. The average molecular weight is 510 g/mol. The van der Waals surface area contributed by atoms with Crippen molar-refractivity contribution in [1.29, 1.82) is 5.41 Å². The van der Waals surface area contributed by atoms with E-state index in [1.807, 2.05) is 33.0 Å². The first kappa shape index (κ1) is 28.3. The van der Waals surface area contributed by atoms with Crippen LogP contribution in [0.4, 0.5) is 0 Å². The molecule has 0 bridgehead atoms.